The number of hydrogen-bond acceptors (Lipinski definition) is 4. The van der Waals surface area contributed by atoms with Crippen molar-refractivity contribution < 1.29 is 4.79 Å². The van der Waals surface area contributed by atoms with E-state index in [4.69, 9.17) is 4.98 Å². The van der Waals surface area contributed by atoms with Crippen LogP contribution in [-0.2, 0) is 11.3 Å². The molecule has 0 aromatic carbocycles. The van der Waals surface area contributed by atoms with Gasteiger partial charge in [0.15, 0.2) is 0 Å². The molecule has 5 rings (SSSR count). The molecule has 1 aliphatic carbocycles. The zero-order valence-electron chi connectivity index (χ0n) is 16.0. The summed E-state index contributed by atoms with van der Waals surface area (Å²) >= 11 is 0. The zero-order chi connectivity index (χ0) is 17.6. The van der Waals surface area contributed by atoms with E-state index in [1.165, 1.54) is 12.8 Å². The molecule has 1 atom stereocenters. The van der Waals surface area contributed by atoms with Gasteiger partial charge in [-0.2, -0.15) is 0 Å². The van der Waals surface area contributed by atoms with Gasteiger partial charge in [-0.15, -0.1) is 24.8 Å². The Hall–Kier alpha value is -1.34. The number of nitrogens with one attached hydrogen (secondary N) is 1. The summed E-state index contributed by atoms with van der Waals surface area (Å²) in [6.07, 6.45) is 7.62. The number of carbonyl (C=O) groups is 1. The Bertz CT molecular complexity index is 779. The molecule has 28 heavy (non-hydrogen) atoms. The van der Waals surface area contributed by atoms with Crippen molar-refractivity contribution in [2.75, 3.05) is 39.3 Å². The Morgan fingerprint density at radius 2 is 1.89 bits per heavy atom. The SMILES string of the molecule is Cl.Cl.O=C(C1CC12CCNCC2)N1CCN(Cc2cn3ccccc3n2)CC1. The molecule has 154 valence electrons. The van der Waals surface area contributed by atoms with Gasteiger partial charge in [-0.1, -0.05) is 6.07 Å². The minimum absolute atomic E-state index is 0. The maximum Gasteiger partial charge on any atom is 0.226 e. The number of fused-ring (bicyclic) bond motifs is 1. The summed E-state index contributed by atoms with van der Waals surface area (Å²) in [4.78, 5) is 22.1. The molecule has 3 fully saturated rings. The first kappa shape index (κ1) is 21.4. The highest BCUT2D eigenvalue weighted by atomic mass is 35.5. The van der Waals surface area contributed by atoms with Crippen LogP contribution in [-0.4, -0.2) is 64.4 Å². The maximum absolute atomic E-state index is 12.9. The normalized spacial score (nSPS) is 23.9. The highest BCUT2D eigenvalue weighted by Gasteiger charge is 2.58. The number of pyridine rings is 1. The average molecular weight is 426 g/mol. The second kappa shape index (κ2) is 8.57. The second-order valence-corrected chi connectivity index (χ2v) is 8.17. The van der Waals surface area contributed by atoms with E-state index >= 15 is 0 Å². The monoisotopic (exact) mass is 425 g/mol. The van der Waals surface area contributed by atoms with Crippen LogP contribution in [0.5, 0.6) is 0 Å². The van der Waals surface area contributed by atoms with Crippen molar-refractivity contribution in [1.29, 1.82) is 0 Å². The maximum atomic E-state index is 12.9. The molecule has 1 amide bonds. The molecule has 2 aromatic rings. The lowest BCUT2D eigenvalue weighted by molar-refractivity contribution is -0.135. The van der Waals surface area contributed by atoms with Gasteiger partial charge < -0.3 is 14.6 Å². The summed E-state index contributed by atoms with van der Waals surface area (Å²) in [5.41, 5.74) is 2.44. The molecule has 1 unspecified atom stereocenters. The van der Waals surface area contributed by atoms with Gasteiger partial charge in [0.2, 0.25) is 5.91 Å². The standard InChI is InChI=1S/C20H27N5O.2ClH/c26-19(17-13-20(17)4-6-21-7-5-20)24-11-9-23(10-12-24)14-16-15-25-8-2-1-3-18(25)22-16;;/h1-3,8,15,17,21H,4-7,9-14H2;2*1H. The molecular formula is C20H29Cl2N5O. The van der Waals surface area contributed by atoms with Crippen LogP contribution in [0.3, 0.4) is 0 Å². The first-order valence-corrected chi connectivity index (χ1v) is 9.88. The minimum Gasteiger partial charge on any atom is -0.340 e. The fourth-order valence-corrected chi connectivity index (χ4v) is 4.81. The predicted molar refractivity (Wildman–Crippen MR) is 114 cm³/mol. The molecule has 0 radical (unpaired) electrons. The van der Waals surface area contributed by atoms with Gasteiger partial charge in [0.25, 0.3) is 0 Å². The molecule has 1 saturated carbocycles. The van der Waals surface area contributed by atoms with Crippen LogP contribution < -0.4 is 5.32 Å². The summed E-state index contributed by atoms with van der Waals surface area (Å²) in [6, 6.07) is 6.08. The van der Waals surface area contributed by atoms with Crippen LogP contribution in [0.4, 0.5) is 0 Å². The van der Waals surface area contributed by atoms with E-state index in [2.05, 4.69) is 25.7 Å². The number of nitrogens with zero attached hydrogens (tertiary/aromatic N) is 4. The van der Waals surface area contributed by atoms with Crippen molar-refractivity contribution in [3.63, 3.8) is 0 Å². The fourth-order valence-electron chi connectivity index (χ4n) is 4.81. The summed E-state index contributed by atoms with van der Waals surface area (Å²) in [6.45, 7) is 6.63. The first-order valence-electron chi connectivity index (χ1n) is 9.88. The topological polar surface area (TPSA) is 52.9 Å². The van der Waals surface area contributed by atoms with Crippen molar-refractivity contribution in [2.24, 2.45) is 11.3 Å². The Morgan fingerprint density at radius 3 is 2.61 bits per heavy atom. The van der Waals surface area contributed by atoms with Gasteiger partial charge >= 0.3 is 0 Å². The predicted octanol–water partition coefficient (Wildman–Crippen LogP) is 2.21. The third kappa shape index (κ3) is 4.01. The Morgan fingerprint density at radius 1 is 1.14 bits per heavy atom. The quantitative estimate of drug-likeness (QED) is 0.818. The number of piperazine rings is 1. The van der Waals surface area contributed by atoms with Crippen molar-refractivity contribution in [1.82, 2.24) is 24.5 Å². The molecule has 8 heteroatoms. The van der Waals surface area contributed by atoms with Crippen LogP contribution in [0.15, 0.2) is 30.6 Å². The number of carbonyl (C=O) groups excluding carboxylic acids is 1. The Labute approximate surface area is 178 Å². The van der Waals surface area contributed by atoms with Gasteiger partial charge in [0.1, 0.15) is 5.65 Å². The number of halogens is 2. The Kier molecular flexibility index (Phi) is 6.54. The molecule has 3 aliphatic rings. The van der Waals surface area contributed by atoms with Crippen molar-refractivity contribution in [2.45, 2.75) is 25.8 Å². The molecule has 1 N–H and O–H groups in total. The van der Waals surface area contributed by atoms with Crippen LogP contribution >= 0.6 is 24.8 Å². The van der Waals surface area contributed by atoms with E-state index in [1.807, 2.05) is 24.4 Å². The summed E-state index contributed by atoms with van der Waals surface area (Å²) < 4.78 is 2.07. The average Bonchev–Trinajstić information content (AvgIpc) is 3.19. The van der Waals surface area contributed by atoms with Gasteiger partial charge in [-0.25, -0.2) is 4.98 Å². The molecule has 0 bridgehead atoms. The number of piperidine rings is 1. The van der Waals surface area contributed by atoms with E-state index in [0.717, 1.165) is 63.6 Å². The lowest BCUT2D eigenvalue weighted by Crippen LogP contribution is -2.49. The third-order valence-corrected chi connectivity index (χ3v) is 6.57. The molecule has 6 nitrogen and oxygen atoms in total. The van der Waals surface area contributed by atoms with E-state index in [-0.39, 0.29) is 24.8 Å². The number of rotatable bonds is 3. The van der Waals surface area contributed by atoms with Crippen LogP contribution in [0, 0.1) is 11.3 Å². The first-order chi connectivity index (χ1) is 12.7. The van der Waals surface area contributed by atoms with Crippen LogP contribution in [0.1, 0.15) is 25.0 Å². The highest BCUT2D eigenvalue weighted by Crippen LogP contribution is 2.59. The van der Waals surface area contributed by atoms with E-state index in [1.54, 1.807) is 0 Å². The largest absolute Gasteiger partial charge is 0.340 e. The van der Waals surface area contributed by atoms with Gasteiger partial charge in [-0.3, -0.25) is 9.69 Å². The minimum atomic E-state index is 0. The van der Waals surface area contributed by atoms with Crippen LogP contribution in [0.2, 0.25) is 0 Å². The lowest BCUT2D eigenvalue weighted by Gasteiger charge is -2.35. The second-order valence-electron chi connectivity index (χ2n) is 8.17. The fraction of sp³-hybridized carbons (Fsp3) is 0.600. The number of amides is 1. The van der Waals surface area contributed by atoms with Gasteiger partial charge in [0, 0.05) is 51.0 Å². The number of hydrogen-bond donors (Lipinski definition) is 1. The molecule has 2 aliphatic heterocycles. The summed E-state index contributed by atoms with van der Waals surface area (Å²) in [5.74, 6) is 0.717. The molecule has 2 saturated heterocycles. The molecule has 4 heterocycles. The number of imidazole rings is 1. The summed E-state index contributed by atoms with van der Waals surface area (Å²) in [7, 11) is 0. The van der Waals surface area contributed by atoms with E-state index in [9.17, 15) is 4.79 Å². The Balaban J connectivity index is 0.00000112. The third-order valence-electron chi connectivity index (χ3n) is 6.57. The molecule has 1 spiro atoms. The smallest absolute Gasteiger partial charge is 0.226 e. The van der Waals surface area contributed by atoms with Gasteiger partial charge in [0.05, 0.1) is 5.69 Å². The number of aromatic nitrogens is 2. The van der Waals surface area contributed by atoms with Gasteiger partial charge in [-0.05, 0) is 49.9 Å². The van der Waals surface area contributed by atoms with Crippen LogP contribution in [0.25, 0.3) is 5.65 Å². The molecule has 2 aromatic heterocycles. The lowest BCUT2D eigenvalue weighted by atomic mass is 9.91. The summed E-state index contributed by atoms with van der Waals surface area (Å²) in [5, 5.41) is 3.42. The zero-order valence-corrected chi connectivity index (χ0v) is 17.7. The molecular weight excluding hydrogens is 397 g/mol. The van der Waals surface area contributed by atoms with E-state index in [0.29, 0.717) is 17.2 Å². The van der Waals surface area contributed by atoms with Crippen molar-refractivity contribution in [3.8, 4) is 0 Å². The van der Waals surface area contributed by atoms with Crippen molar-refractivity contribution in [3.05, 3.63) is 36.3 Å². The van der Waals surface area contributed by atoms with E-state index < -0.39 is 0 Å². The highest BCUT2D eigenvalue weighted by molar-refractivity contribution is 5.85. The van der Waals surface area contributed by atoms with Crippen molar-refractivity contribution >= 4 is 36.4 Å².